The highest BCUT2D eigenvalue weighted by molar-refractivity contribution is 5.76. The number of aliphatic hydroxyl groups is 1. The molecule has 1 aliphatic rings. The van der Waals surface area contributed by atoms with Gasteiger partial charge in [-0.1, -0.05) is 46.8 Å². The number of aldehydes is 1. The van der Waals surface area contributed by atoms with Crippen molar-refractivity contribution in [2.75, 3.05) is 33.3 Å². The molecule has 0 aromatic heterocycles. The molecule has 1 aliphatic heterocycles. The molecule has 0 spiro atoms. The van der Waals surface area contributed by atoms with Crippen molar-refractivity contribution in [3.63, 3.8) is 0 Å². The standard InChI is InChI=1S/C22H38N2O3.2C2H6/c1-6-10-11-21-18(17-25)14-24(22(21)8-3)16-19(26)15-23(5)13-12-20(7-2)27-9-4;2*1-2/h6,8,14,17,19-21,26H,1,7,9-13,15-16H2,2-5H3;2*1-2H3/b22-8+;;. The van der Waals surface area contributed by atoms with E-state index in [1.54, 1.807) is 0 Å². The zero-order chi connectivity index (χ0) is 24.2. The molecule has 31 heavy (non-hydrogen) atoms. The minimum atomic E-state index is -0.487. The summed E-state index contributed by atoms with van der Waals surface area (Å²) in [5, 5.41) is 10.6. The lowest BCUT2D eigenvalue weighted by molar-refractivity contribution is -0.105. The molecule has 0 bridgehead atoms. The first-order chi connectivity index (χ1) is 15.0. The van der Waals surface area contributed by atoms with Crippen molar-refractivity contribution in [2.24, 2.45) is 5.92 Å². The van der Waals surface area contributed by atoms with Crippen LogP contribution < -0.4 is 0 Å². The third-order valence-electron chi connectivity index (χ3n) is 5.11. The summed E-state index contributed by atoms with van der Waals surface area (Å²) in [5.41, 5.74) is 1.89. The largest absolute Gasteiger partial charge is 0.390 e. The number of allylic oxidation sites excluding steroid dienone is 3. The molecule has 0 fully saturated rings. The Balaban J connectivity index is 0. The summed E-state index contributed by atoms with van der Waals surface area (Å²) >= 11 is 0. The molecule has 0 aromatic rings. The van der Waals surface area contributed by atoms with Gasteiger partial charge >= 0.3 is 0 Å². The van der Waals surface area contributed by atoms with Gasteiger partial charge < -0.3 is 19.6 Å². The number of ether oxygens (including phenoxy) is 1. The van der Waals surface area contributed by atoms with E-state index in [1.165, 1.54) is 0 Å². The Morgan fingerprint density at radius 1 is 1.29 bits per heavy atom. The number of hydrogen-bond donors (Lipinski definition) is 1. The van der Waals surface area contributed by atoms with Gasteiger partial charge in [0.2, 0.25) is 0 Å². The van der Waals surface area contributed by atoms with E-state index in [0.717, 1.165) is 56.4 Å². The van der Waals surface area contributed by atoms with Crippen LogP contribution in [0, 0.1) is 5.92 Å². The number of aliphatic hydroxyl groups excluding tert-OH is 1. The fourth-order valence-corrected chi connectivity index (χ4v) is 3.69. The zero-order valence-corrected chi connectivity index (χ0v) is 21.6. The molecule has 0 amide bonds. The van der Waals surface area contributed by atoms with Crippen molar-refractivity contribution >= 4 is 6.29 Å². The lowest BCUT2D eigenvalue weighted by Crippen LogP contribution is -2.37. The summed E-state index contributed by atoms with van der Waals surface area (Å²) in [5.74, 6) is 0.104. The smallest absolute Gasteiger partial charge is 0.148 e. The maximum atomic E-state index is 11.5. The van der Waals surface area contributed by atoms with E-state index in [2.05, 4.69) is 18.4 Å². The van der Waals surface area contributed by atoms with Gasteiger partial charge in [-0.3, -0.25) is 4.79 Å². The summed E-state index contributed by atoms with van der Waals surface area (Å²) in [4.78, 5) is 15.6. The summed E-state index contributed by atoms with van der Waals surface area (Å²) < 4.78 is 5.70. The van der Waals surface area contributed by atoms with Gasteiger partial charge in [0, 0.05) is 49.6 Å². The molecule has 0 saturated heterocycles. The number of carbonyl (C=O) groups excluding carboxylic acids is 1. The van der Waals surface area contributed by atoms with E-state index in [-0.39, 0.29) is 12.0 Å². The van der Waals surface area contributed by atoms with Crippen LogP contribution in [0.2, 0.25) is 0 Å². The monoisotopic (exact) mass is 438 g/mol. The molecular formula is C26H50N2O3. The molecular weight excluding hydrogens is 388 g/mol. The van der Waals surface area contributed by atoms with Crippen molar-refractivity contribution in [3.05, 3.63) is 36.2 Å². The summed E-state index contributed by atoms with van der Waals surface area (Å²) in [6, 6.07) is 0. The van der Waals surface area contributed by atoms with Crippen molar-refractivity contribution in [2.45, 2.75) is 86.4 Å². The molecule has 0 aromatic carbocycles. The molecule has 0 aliphatic carbocycles. The average Bonchev–Trinajstić information content (AvgIpc) is 3.13. The molecule has 1 N–H and O–H groups in total. The maximum Gasteiger partial charge on any atom is 0.148 e. The maximum absolute atomic E-state index is 11.5. The van der Waals surface area contributed by atoms with Gasteiger partial charge in [0.1, 0.15) is 6.29 Å². The minimum absolute atomic E-state index is 0.104. The summed E-state index contributed by atoms with van der Waals surface area (Å²) in [6.07, 6.45) is 10.3. The van der Waals surface area contributed by atoms with Gasteiger partial charge in [-0.05, 0) is 46.6 Å². The Morgan fingerprint density at radius 2 is 1.94 bits per heavy atom. The fraction of sp³-hybridized carbons (Fsp3) is 0.731. The Kier molecular flexibility index (Phi) is 21.0. The Hall–Kier alpha value is -1.43. The van der Waals surface area contributed by atoms with Gasteiger partial charge in [0.05, 0.1) is 12.2 Å². The van der Waals surface area contributed by atoms with Crippen LogP contribution in [0.5, 0.6) is 0 Å². The molecule has 0 saturated carbocycles. The lowest BCUT2D eigenvalue weighted by Gasteiger charge is -2.28. The van der Waals surface area contributed by atoms with Crippen molar-refractivity contribution in [3.8, 4) is 0 Å². The van der Waals surface area contributed by atoms with E-state index in [1.807, 2.05) is 71.8 Å². The third kappa shape index (κ3) is 12.3. The molecule has 3 unspecified atom stereocenters. The predicted octanol–water partition coefficient (Wildman–Crippen LogP) is 5.42. The first-order valence-corrected chi connectivity index (χ1v) is 12.2. The Morgan fingerprint density at radius 3 is 2.42 bits per heavy atom. The second-order valence-corrected chi connectivity index (χ2v) is 7.22. The molecule has 182 valence electrons. The molecule has 5 nitrogen and oxygen atoms in total. The van der Waals surface area contributed by atoms with Crippen LogP contribution >= 0.6 is 0 Å². The van der Waals surface area contributed by atoms with Gasteiger partial charge in [-0.15, -0.1) is 6.58 Å². The van der Waals surface area contributed by atoms with E-state index >= 15 is 0 Å². The number of nitrogens with zero attached hydrogens (tertiary/aromatic N) is 2. The number of β-amino-alcohol motifs (C(OH)–C–C–N with tert-alkyl or cyclic N) is 1. The second kappa shape index (κ2) is 20.5. The Bertz CT molecular complexity index is 517. The summed E-state index contributed by atoms with van der Waals surface area (Å²) in [7, 11) is 2.03. The van der Waals surface area contributed by atoms with Crippen LogP contribution in [0.15, 0.2) is 36.2 Å². The molecule has 5 heteroatoms. The van der Waals surface area contributed by atoms with Crippen LogP contribution in [0.3, 0.4) is 0 Å². The van der Waals surface area contributed by atoms with Crippen LogP contribution in [0.1, 0.15) is 74.1 Å². The average molecular weight is 439 g/mol. The number of rotatable bonds is 14. The molecule has 1 rings (SSSR count). The van der Waals surface area contributed by atoms with Gasteiger partial charge in [-0.25, -0.2) is 0 Å². The van der Waals surface area contributed by atoms with Crippen LogP contribution in [0.25, 0.3) is 0 Å². The highest BCUT2D eigenvalue weighted by Gasteiger charge is 2.29. The number of hydrogen-bond acceptors (Lipinski definition) is 5. The van der Waals surface area contributed by atoms with E-state index in [4.69, 9.17) is 4.74 Å². The van der Waals surface area contributed by atoms with Crippen LogP contribution in [-0.4, -0.2) is 66.7 Å². The zero-order valence-electron chi connectivity index (χ0n) is 21.6. The number of likely N-dealkylation sites (N-methyl/N-ethyl adjacent to an activating group) is 1. The van der Waals surface area contributed by atoms with E-state index < -0.39 is 6.10 Å². The first kappa shape index (κ1) is 31.8. The lowest BCUT2D eigenvalue weighted by atomic mass is 9.94. The first-order valence-electron chi connectivity index (χ1n) is 12.2. The fourth-order valence-electron chi connectivity index (χ4n) is 3.69. The van der Waals surface area contributed by atoms with Gasteiger partial charge in [0.15, 0.2) is 0 Å². The normalized spacial score (nSPS) is 18.5. The van der Waals surface area contributed by atoms with E-state index in [0.29, 0.717) is 13.1 Å². The third-order valence-corrected chi connectivity index (χ3v) is 5.11. The summed E-state index contributed by atoms with van der Waals surface area (Å²) in [6.45, 7) is 20.6. The van der Waals surface area contributed by atoms with Crippen LogP contribution in [0.4, 0.5) is 0 Å². The van der Waals surface area contributed by atoms with Crippen LogP contribution in [-0.2, 0) is 9.53 Å². The van der Waals surface area contributed by atoms with Gasteiger partial charge in [0.25, 0.3) is 0 Å². The Labute approximate surface area is 192 Å². The van der Waals surface area contributed by atoms with Crippen molar-refractivity contribution in [1.29, 1.82) is 0 Å². The topological polar surface area (TPSA) is 53.0 Å². The van der Waals surface area contributed by atoms with Crippen molar-refractivity contribution < 1.29 is 14.6 Å². The second-order valence-electron chi connectivity index (χ2n) is 7.22. The van der Waals surface area contributed by atoms with E-state index in [9.17, 15) is 9.90 Å². The predicted molar refractivity (Wildman–Crippen MR) is 134 cm³/mol. The highest BCUT2D eigenvalue weighted by atomic mass is 16.5. The van der Waals surface area contributed by atoms with Crippen molar-refractivity contribution in [1.82, 2.24) is 9.80 Å². The highest BCUT2D eigenvalue weighted by Crippen LogP contribution is 2.34. The number of carbonyl (C=O) groups is 1. The molecule has 0 radical (unpaired) electrons. The molecule has 3 atom stereocenters. The molecule has 1 heterocycles. The van der Waals surface area contributed by atoms with Gasteiger partial charge in [-0.2, -0.15) is 0 Å². The SMILES string of the molecule is C=CCCC1C(C=O)=CN(CC(O)CN(C)CCC(CC)OCC)/C1=C/C.CC.CC. The quantitative estimate of drug-likeness (QED) is 0.290. The minimum Gasteiger partial charge on any atom is -0.390 e.